The van der Waals surface area contributed by atoms with E-state index in [4.69, 9.17) is 4.74 Å². The van der Waals surface area contributed by atoms with Crippen molar-refractivity contribution in [2.45, 2.75) is 25.2 Å². The zero-order chi connectivity index (χ0) is 20.7. The van der Waals surface area contributed by atoms with Gasteiger partial charge in [0, 0.05) is 18.0 Å². The number of halogens is 1. The number of rotatable bonds is 5. The van der Waals surface area contributed by atoms with Gasteiger partial charge in [-0.2, -0.15) is 0 Å². The number of benzene rings is 1. The van der Waals surface area contributed by atoms with Crippen LogP contribution in [-0.4, -0.2) is 54.3 Å². The number of aliphatic hydroxyl groups excluding tert-OH is 1. The van der Waals surface area contributed by atoms with Crippen molar-refractivity contribution in [2.75, 3.05) is 18.1 Å². The Kier molecular flexibility index (Phi) is 4.64. The van der Waals surface area contributed by atoms with E-state index < -0.39 is 12.1 Å². The van der Waals surface area contributed by atoms with Crippen LogP contribution in [0.5, 0.6) is 5.75 Å². The van der Waals surface area contributed by atoms with Crippen molar-refractivity contribution in [2.24, 2.45) is 0 Å². The molecule has 0 unspecified atom stereocenters. The van der Waals surface area contributed by atoms with Crippen LogP contribution in [0.4, 0.5) is 10.2 Å². The summed E-state index contributed by atoms with van der Waals surface area (Å²) in [6.45, 7) is 1.13. The number of hydrogen-bond acceptors (Lipinski definition) is 8. The molecule has 5 rings (SSSR count). The minimum atomic E-state index is -1.75. The van der Waals surface area contributed by atoms with Gasteiger partial charge in [0.25, 0.3) is 0 Å². The molecule has 0 aliphatic carbocycles. The number of pyridine rings is 1. The molecule has 4 aromatic rings. The van der Waals surface area contributed by atoms with Gasteiger partial charge < -0.3 is 24.8 Å². The highest BCUT2D eigenvalue weighted by molar-refractivity contribution is 5.85. The van der Waals surface area contributed by atoms with E-state index >= 15 is 0 Å². The lowest BCUT2D eigenvalue weighted by Crippen LogP contribution is -2.35. The fourth-order valence-electron chi connectivity index (χ4n) is 3.88. The molecule has 1 fully saturated rings. The molecule has 9 nitrogen and oxygen atoms in total. The Morgan fingerprint density at radius 3 is 3.00 bits per heavy atom. The van der Waals surface area contributed by atoms with E-state index in [1.165, 1.54) is 30.6 Å². The molecular weight excluding hydrogens is 391 g/mol. The monoisotopic (exact) mass is 410 g/mol. The summed E-state index contributed by atoms with van der Waals surface area (Å²) >= 11 is 0. The number of aromatic nitrogens is 5. The van der Waals surface area contributed by atoms with E-state index in [2.05, 4.69) is 29.8 Å². The van der Waals surface area contributed by atoms with Gasteiger partial charge >= 0.3 is 0 Å². The number of hydrogen-bond donors (Lipinski definition) is 3. The molecule has 4 heterocycles. The zero-order valence-electron chi connectivity index (χ0n) is 15.9. The highest BCUT2D eigenvalue weighted by Crippen LogP contribution is 2.31. The molecule has 3 aromatic heterocycles. The molecule has 0 radical (unpaired) electrons. The second kappa shape index (κ2) is 7.47. The van der Waals surface area contributed by atoms with Crippen LogP contribution in [-0.2, 0) is 0 Å². The first-order chi connectivity index (χ1) is 14.6. The standard InChI is InChI=1S/C20H19FN6O3/c21-11-3-4-14-13(6-11)16(7-15(26-14)20(28)29)30-8-12-2-1-5-27(12)19-17-18(23-9-22-17)24-10-25-19/h3-4,6-7,9-10,12,20,28-29H,1-2,5,8H2,(H,22,23,24,25)/t12-/m1/s1. The second-order valence-electron chi connectivity index (χ2n) is 7.18. The lowest BCUT2D eigenvalue weighted by Gasteiger charge is -2.26. The van der Waals surface area contributed by atoms with Crippen LogP contribution in [0.2, 0.25) is 0 Å². The van der Waals surface area contributed by atoms with E-state index in [-0.39, 0.29) is 11.7 Å². The summed E-state index contributed by atoms with van der Waals surface area (Å²) in [6.07, 6.45) is 3.19. The number of anilines is 1. The van der Waals surface area contributed by atoms with E-state index in [9.17, 15) is 14.6 Å². The zero-order valence-corrected chi connectivity index (χ0v) is 15.9. The van der Waals surface area contributed by atoms with Crippen LogP contribution in [0.25, 0.3) is 22.1 Å². The SMILES string of the molecule is OC(O)c1cc(OC[C@H]2CCCN2c2ncnc3nc[nH]c23)c2cc(F)ccc2n1. The first kappa shape index (κ1) is 18.6. The molecule has 1 aliphatic heterocycles. The highest BCUT2D eigenvalue weighted by atomic mass is 19.1. The van der Waals surface area contributed by atoms with Crippen molar-refractivity contribution >= 4 is 27.9 Å². The summed E-state index contributed by atoms with van der Waals surface area (Å²) in [5, 5.41) is 19.6. The van der Waals surface area contributed by atoms with Crippen LogP contribution < -0.4 is 9.64 Å². The minimum Gasteiger partial charge on any atom is -0.491 e. The first-order valence-corrected chi connectivity index (χ1v) is 9.60. The fourth-order valence-corrected chi connectivity index (χ4v) is 3.88. The molecule has 0 saturated carbocycles. The topological polar surface area (TPSA) is 120 Å². The van der Waals surface area contributed by atoms with Crippen molar-refractivity contribution in [3.8, 4) is 5.75 Å². The predicted molar refractivity (Wildman–Crippen MR) is 106 cm³/mol. The van der Waals surface area contributed by atoms with Gasteiger partial charge in [-0.1, -0.05) is 0 Å². The average Bonchev–Trinajstić information content (AvgIpc) is 3.41. The molecule has 1 aromatic carbocycles. The van der Waals surface area contributed by atoms with Gasteiger partial charge in [0.15, 0.2) is 17.8 Å². The van der Waals surface area contributed by atoms with E-state index in [0.29, 0.717) is 28.9 Å². The summed E-state index contributed by atoms with van der Waals surface area (Å²) in [7, 11) is 0. The van der Waals surface area contributed by atoms with Gasteiger partial charge in [-0.05, 0) is 31.0 Å². The maximum Gasteiger partial charge on any atom is 0.196 e. The molecular formula is C20H19FN6O3. The highest BCUT2D eigenvalue weighted by Gasteiger charge is 2.28. The Morgan fingerprint density at radius 1 is 1.23 bits per heavy atom. The lowest BCUT2D eigenvalue weighted by molar-refractivity contribution is -0.0457. The number of ether oxygens (including phenoxy) is 1. The van der Waals surface area contributed by atoms with Crippen LogP contribution >= 0.6 is 0 Å². The normalized spacial score (nSPS) is 16.8. The first-order valence-electron chi connectivity index (χ1n) is 9.60. The predicted octanol–water partition coefficient (Wildman–Crippen LogP) is 2.07. The maximum absolute atomic E-state index is 13.8. The third kappa shape index (κ3) is 3.29. The van der Waals surface area contributed by atoms with Crippen LogP contribution in [0, 0.1) is 5.82 Å². The molecule has 0 spiro atoms. The molecule has 10 heteroatoms. The number of aromatic amines is 1. The number of imidazole rings is 1. The number of fused-ring (bicyclic) bond motifs is 2. The Bertz CT molecular complexity index is 1210. The quantitative estimate of drug-likeness (QED) is 0.428. The van der Waals surface area contributed by atoms with Crippen molar-refractivity contribution < 1.29 is 19.3 Å². The number of nitrogens with zero attached hydrogens (tertiary/aromatic N) is 5. The van der Waals surface area contributed by atoms with Gasteiger partial charge in [-0.15, -0.1) is 0 Å². The van der Waals surface area contributed by atoms with Crippen LogP contribution in [0.15, 0.2) is 36.9 Å². The minimum absolute atomic E-state index is 0.0330. The summed E-state index contributed by atoms with van der Waals surface area (Å²) in [4.78, 5) is 22.2. The van der Waals surface area contributed by atoms with Gasteiger partial charge in [0.1, 0.15) is 35.7 Å². The van der Waals surface area contributed by atoms with E-state index in [0.717, 1.165) is 30.7 Å². The molecule has 0 bridgehead atoms. The Morgan fingerprint density at radius 2 is 2.13 bits per heavy atom. The van der Waals surface area contributed by atoms with Crippen molar-refractivity contribution in [1.29, 1.82) is 0 Å². The summed E-state index contributed by atoms with van der Waals surface area (Å²) in [6, 6.07) is 5.56. The number of H-pyrrole nitrogens is 1. The second-order valence-corrected chi connectivity index (χ2v) is 7.18. The van der Waals surface area contributed by atoms with E-state index in [1.54, 1.807) is 6.33 Å². The maximum atomic E-state index is 13.8. The van der Waals surface area contributed by atoms with Crippen LogP contribution in [0.1, 0.15) is 24.8 Å². The molecule has 30 heavy (non-hydrogen) atoms. The smallest absolute Gasteiger partial charge is 0.196 e. The van der Waals surface area contributed by atoms with Gasteiger partial charge in [0.2, 0.25) is 0 Å². The third-order valence-corrected chi connectivity index (χ3v) is 5.30. The van der Waals surface area contributed by atoms with Gasteiger partial charge in [0.05, 0.1) is 17.9 Å². The molecule has 0 amide bonds. The molecule has 154 valence electrons. The summed E-state index contributed by atoms with van der Waals surface area (Å²) < 4.78 is 19.9. The molecule has 1 saturated heterocycles. The lowest BCUT2D eigenvalue weighted by atomic mass is 10.1. The van der Waals surface area contributed by atoms with Gasteiger partial charge in [-0.3, -0.25) is 0 Å². The van der Waals surface area contributed by atoms with Crippen molar-refractivity contribution in [3.05, 3.63) is 48.4 Å². The molecule has 3 N–H and O–H groups in total. The summed E-state index contributed by atoms with van der Waals surface area (Å²) in [5.74, 6) is 0.695. The van der Waals surface area contributed by atoms with Crippen molar-refractivity contribution in [3.63, 3.8) is 0 Å². The average molecular weight is 410 g/mol. The van der Waals surface area contributed by atoms with E-state index in [1.807, 2.05) is 0 Å². The third-order valence-electron chi connectivity index (χ3n) is 5.30. The largest absolute Gasteiger partial charge is 0.491 e. The number of nitrogens with one attached hydrogen (secondary N) is 1. The van der Waals surface area contributed by atoms with Crippen molar-refractivity contribution in [1.82, 2.24) is 24.9 Å². The molecule has 1 aliphatic rings. The Balaban J connectivity index is 1.44. The van der Waals surface area contributed by atoms with Crippen LogP contribution in [0.3, 0.4) is 0 Å². The Labute approximate surface area is 170 Å². The van der Waals surface area contributed by atoms with Gasteiger partial charge in [-0.25, -0.2) is 24.3 Å². The summed E-state index contributed by atoms with van der Waals surface area (Å²) in [5.41, 5.74) is 1.84. The number of aliphatic hydroxyl groups is 2. The Hall–Kier alpha value is -3.37. The fraction of sp³-hybridized carbons (Fsp3) is 0.300. The molecule has 1 atom stereocenters.